The number of phenols is 1. The average Bonchev–Trinajstić information content (AvgIpc) is 2.19. The first kappa shape index (κ1) is 8.81. The molecule has 1 heterocycles. The molecule has 0 saturated carbocycles. The second-order valence-electron chi connectivity index (χ2n) is 3.15. The lowest BCUT2D eigenvalue weighted by atomic mass is 10.1. The lowest BCUT2D eigenvalue weighted by molar-refractivity contribution is 0.398. The normalized spacial score (nSPS) is 10.4. The highest BCUT2D eigenvalue weighted by atomic mass is 16.5. The minimum Gasteiger partial charge on any atom is -0.506 e. The van der Waals surface area contributed by atoms with Gasteiger partial charge in [0, 0.05) is 11.5 Å². The molecule has 0 atom stereocenters. The van der Waals surface area contributed by atoms with Crippen molar-refractivity contribution < 1.29 is 9.84 Å². The van der Waals surface area contributed by atoms with Crippen molar-refractivity contribution in [1.29, 1.82) is 0 Å². The first-order valence-electron chi connectivity index (χ1n) is 4.35. The first-order chi connectivity index (χ1) is 6.72. The Morgan fingerprint density at radius 1 is 1.36 bits per heavy atom. The zero-order valence-electron chi connectivity index (χ0n) is 8.11. The summed E-state index contributed by atoms with van der Waals surface area (Å²) >= 11 is 0. The number of nitrogens with zero attached hydrogens (tertiary/aromatic N) is 1. The summed E-state index contributed by atoms with van der Waals surface area (Å²) in [6, 6.07) is 7.20. The third kappa shape index (κ3) is 1.27. The average molecular weight is 189 g/mol. The summed E-state index contributed by atoms with van der Waals surface area (Å²) in [6.07, 6.45) is 0. The highest BCUT2D eigenvalue weighted by Crippen LogP contribution is 2.27. The highest BCUT2D eigenvalue weighted by Gasteiger charge is 2.05. The van der Waals surface area contributed by atoms with Crippen LogP contribution in [0.1, 0.15) is 5.56 Å². The van der Waals surface area contributed by atoms with E-state index in [-0.39, 0.29) is 5.75 Å². The number of hydrogen-bond donors (Lipinski definition) is 1. The molecule has 14 heavy (non-hydrogen) atoms. The third-order valence-corrected chi connectivity index (χ3v) is 2.21. The number of benzene rings is 1. The number of pyridine rings is 1. The Morgan fingerprint density at radius 3 is 2.86 bits per heavy atom. The lowest BCUT2D eigenvalue weighted by Gasteiger charge is -2.05. The molecule has 1 aromatic carbocycles. The second-order valence-corrected chi connectivity index (χ2v) is 3.15. The Bertz CT molecular complexity index is 480. The van der Waals surface area contributed by atoms with Crippen LogP contribution in [0.25, 0.3) is 10.9 Å². The fraction of sp³-hybridized carbons (Fsp3) is 0.182. The van der Waals surface area contributed by atoms with Crippen LogP contribution in [-0.4, -0.2) is 17.2 Å². The van der Waals surface area contributed by atoms with Crippen LogP contribution < -0.4 is 4.74 Å². The molecule has 0 unspecified atom stereocenters. The van der Waals surface area contributed by atoms with Crippen LogP contribution in [0.3, 0.4) is 0 Å². The van der Waals surface area contributed by atoms with Crippen molar-refractivity contribution in [1.82, 2.24) is 4.98 Å². The van der Waals surface area contributed by atoms with Gasteiger partial charge in [0.2, 0.25) is 5.88 Å². The van der Waals surface area contributed by atoms with E-state index in [2.05, 4.69) is 4.98 Å². The molecule has 0 aliphatic heterocycles. The SMILES string of the molecule is COc1cc(C)c2cccc(O)c2n1. The number of phenolic OH excluding ortho intramolecular Hbond substituents is 1. The fourth-order valence-electron chi connectivity index (χ4n) is 1.48. The quantitative estimate of drug-likeness (QED) is 0.748. The van der Waals surface area contributed by atoms with Crippen molar-refractivity contribution in [3.63, 3.8) is 0 Å². The molecule has 0 saturated heterocycles. The molecule has 3 heteroatoms. The molecule has 2 aromatic rings. The molecule has 3 nitrogen and oxygen atoms in total. The van der Waals surface area contributed by atoms with Gasteiger partial charge >= 0.3 is 0 Å². The summed E-state index contributed by atoms with van der Waals surface area (Å²) in [5, 5.41) is 10.5. The smallest absolute Gasteiger partial charge is 0.213 e. The molecule has 0 amide bonds. The van der Waals surface area contributed by atoms with E-state index in [0.717, 1.165) is 10.9 Å². The van der Waals surface area contributed by atoms with Crippen LogP contribution >= 0.6 is 0 Å². The summed E-state index contributed by atoms with van der Waals surface area (Å²) in [6.45, 7) is 1.96. The number of aryl methyl sites for hydroxylation is 1. The van der Waals surface area contributed by atoms with Crippen molar-refractivity contribution in [2.45, 2.75) is 6.92 Å². The number of aromatic nitrogens is 1. The van der Waals surface area contributed by atoms with Crippen LogP contribution in [0.2, 0.25) is 0 Å². The zero-order chi connectivity index (χ0) is 10.1. The van der Waals surface area contributed by atoms with Gasteiger partial charge in [0.1, 0.15) is 11.3 Å². The summed E-state index contributed by atoms with van der Waals surface area (Å²) in [5.74, 6) is 0.709. The third-order valence-electron chi connectivity index (χ3n) is 2.21. The van der Waals surface area contributed by atoms with Gasteiger partial charge in [-0.15, -0.1) is 0 Å². The van der Waals surface area contributed by atoms with Crippen LogP contribution in [0.4, 0.5) is 0 Å². The predicted octanol–water partition coefficient (Wildman–Crippen LogP) is 2.26. The largest absolute Gasteiger partial charge is 0.506 e. The Labute approximate surface area is 82.0 Å². The molecular weight excluding hydrogens is 178 g/mol. The first-order valence-corrected chi connectivity index (χ1v) is 4.35. The van der Waals surface area contributed by atoms with Crippen molar-refractivity contribution in [2.24, 2.45) is 0 Å². The Hall–Kier alpha value is -1.77. The molecule has 2 rings (SSSR count). The second kappa shape index (κ2) is 3.18. The predicted molar refractivity (Wildman–Crippen MR) is 54.7 cm³/mol. The van der Waals surface area contributed by atoms with Crippen LogP contribution in [-0.2, 0) is 0 Å². The molecule has 0 bridgehead atoms. The summed E-state index contributed by atoms with van der Waals surface area (Å²) in [7, 11) is 1.56. The molecule has 1 aromatic heterocycles. The van der Waals surface area contributed by atoms with E-state index in [0.29, 0.717) is 11.4 Å². The van der Waals surface area contributed by atoms with Gasteiger partial charge in [0.25, 0.3) is 0 Å². The van der Waals surface area contributed by atoms with E-state index < -0.39 is 0 Å². The summed E-state index contributed by atoms with van der Waals surface area (Å²) in [5.41, 5.74) is 1.63. The maximum absolute atomic E-state index is 9.60. The Balaban J connectivity index is 2.83. The van der Waals surface area contributed by atoms with E-state index in [4.69, 9.17) is 4.74 Å². The monoisotopic (exact) mass is 189 g/mol. The van der Waals surface area contributed by atoms with Crippen molar-refractivity contribution in [3.05, 3.63) is 29.8 Å². The maximum Gasteiger partial charge on any atom is 0.213 e. The van der Waals surface area contributed by atoms with Gasteiger partial charge in [-0.1, -0.05) is 12.1 Å². The number of hydrogen-bond acceptors (Lipinski definition) is 3. The molecular formula is C11H11NO2. The molecule has 0 spiro atoms. The van der Waals surface area contributed by atoms with Gasteiger partial charge in [0.15, 0.2) is 0 Å². The molecule has 0 radical (unpaired) electrons. The minimum absolute atomic E-state index is 0.185. The van der Waals surface area contributed by atoms with E-state index in [9.17, 15) is 5.11 Å². The number of aromatic hydroxyl groups is 1. The van der Waals surface area contributed by atoms with Gasteiger partial charge < -0.3 is 9.84 Å². The molecule has 72 valence electrons. The van der Waals surface area contributed by atoms with E-state index in [1.807, 2.05) is 19.1 Å². The standard InChI is InChI=1S/C11H11NO2/c1-7-6-10(14-2)12-11-8(7)4-3-5-9(11)13/h3-6,13H,1-2H3. The molecule has 0 fully saturated rings. The zero-order valence-corrected chi connectivity index (χ0v) is 8.11. The van der Waals surface area contributed by atoms with Crippen molar-refractivity contribution >= 4 is 10.9 Å². The summed E-state index contributed by atoms with van der Waals surface area (Å²) in [4.78, 5) is 4.18. The molecule has 0 aliphatic carbocycles. The van der Waals surface area contributed by atoms with Crippen molar-refractivity contribution in [3.8, 4) is 11.6 Å². The molecule has 1 N–H and O–H groups in total. The van der Waals surface area contributed by atoms with Crippen molar-refractivity contribution in [2.75, 3.05) is 7.11 Å². The highest BCUT2D eigenvalue weighted by molar-refractivity contribution is 5.87. The van der Waals surface area contributed by atoms with Gasteiger partial charge in [-0.2, -0.15) is 0 Å². The minimum atomic E-state index is 0.185. The summed E-state index contributed by atoms with van der Waals surface area (Å²) < 4.78 is 5.04. The van der Waals surface area contributed by atoms with Gasteiger partial charge in [-0.3, -0.25) is 0 Å². The number of methoxy groups -OCH3 is 1. The van der Waals surface area contributed by atoms with E-state index >= 15 is 0 Å². The van der Waals surface area contributed by atoms with Crippen LogP contribution in [0.5, 0.6) is 11.6 Å². The Morgan fingerprint density at radius 2 is 2.14 bits per heavy atom. The number of para-hydroxylation sites is 1. The van der Waals surface area contributed by atoms with E-state index in [1.165, 1.54) is 0 Å². The number of ether oxygens (including phenoxy) is 1. The number of fused-ring (bicyclic) bond motifs is 1. The van der Waals surface area contributed by atoms with Crippen LogP contribution in [0.15, 0.2) is 24.3 Å². The topological polar surface area (TPSA) is 42.4 Å². The van der Waals surface area contributed by atoms with Crippen LogP contribution in [0, 0.1) is 6.92 Å². The Kier molecular flexibility index (Phi) is 2.00. The maximum atomic E-state index is 9.60. The van der Waals surface area contributed by atoms with Gasteiger partial charge in [-0.25, -0.2) is 4.98 Å². The molecule has 0 aliphatic rings. The lowest BCUT2D eigenvalue weighted by Crippen LogP contribution is -1.90. The fourth-order valence-corrected chi connectivity index (χ4v) is 1.48. The van der Waals surface area contributed by atoms with E-state index in [1.54, 1.807) is 19.2 Å². The van der Waals surface area contributed by atoms with Gasteiger partial charge in [0.05, 0.1) is 7.11 Å². The van der Waals surface area contributed by atoms with Gasteiger partial charge in [-0.05, 0) is 18.6 Å². The number of rotatable bonds is 1.